The summed E-state index contributed by atoms with van der Waals surface area (Å²) >= 11 is 1.71. The van der Waals surface area contributed by atoms with Crippen LogP contribution in [0.15, 0.2) is 29.4 Å². The van der Waals surface area contributed by atoms with Gasteiger partial charge in [-0.1, -0.05) is 30.8 Å². The van der Waals surface area contributed by atoms with Crippen molar-refractivity contribution in [3.63, 3.8) is 0 Å². The summed E-state index contributed by atoms with van der Waals surface area (Å²) in [5.41, 5.74) is 1.92. The summed E-state index contributed by atoms with van der Waals surface area (Å²) in [6.07, 6.45) is 3.53. The van der Waals surface area contributed by atoms with Gasteiger partial charge in [0.15, 0.2) is 5.16 Å². The van der Waals surface area contributed by atoms with Crippen LogP contribution in [0.2, 0.25) is 0 Å². The number of benzene rings is 1. The van der Waals surface area contributed by atoms with Gasteiger partial charge in [0.2, 0.25) is 0 Å². The molecule has 1 unspecified atom stereocenters. The van der Waals surface area contributed by atoms with Gasteiger partial charge in [-0.05, 0) is 43.9 Å². The van der Waals surface area contributed by atoms with Crippen molar-refractivity contribution in [2.24, 2.45) is 5.92 Å². The number of aliphatic hydroxyl groups is 1. The predicted octanol–water partition coefficient (Wildman–Crippen LogP) is 2.80. The zero-order valence-electron chi connectivity index (χ0n) is 12.4. The molecular weight excluding hydrogens is 282 g/mol. The van der Waals surface area contributed by atoms with Crippen LogP contribution in [0.5, 0.6) is 0 Å². The van der Waals surface area contributed by atoms with E-state index in [1.54, 1.807) is 11.8 Å². The lowest BCUT2D eigenvalue weighted by atomic mass is 9.96. The predicted molar refractivity (Wildman–Crippen MR) is 87.7 cm³/mol. The van der Waals surface area contributed by atoms with Crippen LogP contribution in [0.1, 0.15) is 26.2 Å². The van der Waals surface area contributed by atoms with Crippen molar-refractivity contribution < 1.29 is 5.11 Å². The minimum atomic E-state index is -0.153. The van der Waals surface area contributed by atoms with E-state index in [1.165, 1.54) is 12.8 Å². The molecule has 21 heavy (non-hydrogen) atoms. The zero-order chi connectivity index (χ0) is 14.7. The Morgan fingerprint density at radius 2 is 2.24 bits per heavy atom. The van der Waals surface area contributed by atoms with Gasteiger partial charge in [0.05, 0.1) is 23.2 Å². The van der Waals surface area contributed by atoms with Crippen molar-refractivity contribution >= 4 is 22.8 Å². The number of thioether (sulfide) groups is 1. The molecule has 5 heteroatoms. The molecule has 114 valence electrons. The Labute approximate surface area is 129 Å². The maximum atomic E-state index is 9.92. The van der Waals surface area contributed by atoms with Crippen LogP contribution in [-0.2, 0) is 0 Å². The summed E-state index contributed by atoms with van der Waals surface area (Å²) in [5.74, 6) is 1.46. The van der Waals surface area contributed by atoms with Crippen LogP contribution >= 0.6 is 11.8 Å². The third kappa shape index (κ3) is 3.25. The van der Waals surface area contributed by atoms with Crippen LogP contribution in [-0.4, -0.2) is 39.5 Å². The monoisotopic (exact) mass is 305 g/mol. The van der Waals surface area contributed by atoms with E-state index in [1.807, 2.05) is 24.3 Å². The fourth-order valence-electron chi connectivity index (χ4n) is 2.75. The molecule has 1 aromatic heterocycles. The molecule has 1 fully saturated rings. The molecule has 1 atom stereocenters. The second kappa shape index (κ2) is 6.38. The van der Waals surface area contributed by atoms with Crippen LogP contribution in [0.3, 0.4) is 0 Å². The van der Waals surface area contributed by atoms with Gasteiger partial charge < -0.3 is 15.4 Å². The fourth-order valence-corrected chi connectivity index (χ4v) is 3.92. The molecule has 0 bridgehead atoms. The van der Waals surface area contributed by atoms with Crippen molar-refractivity contribution in [2.75, 3.05) is 18.9 Å². The average Bonchev–Trinajstić information content (AvgIpc) is 3.28. The maximum Gasteiger partial charge on any atom is 0.166 e. The van der Waals surface area contributed by atoms with E-state index < -0.39 is 0 Å². The van der Waals surface area contributed by atoms with E-state index in [4.69, 9.17) is 0 Å². The highest BCUT2D eigenvalue weighted by molar-refractivity contribution is 7.99. The third-order valence-corrected chi connectivity index (χ3v) is 5.33. The van der Waals surface area contributed by atoms with Crippen molar-refractivity contribution in [2.45, 2.75) is 36.9 Å². The molecule has 3 N–H and O–H groups in total. The van der Waals surface area contributed by atoms with Crippen molar-refractivity contribution in [3.05, 3.63) is 24.3 Å². The molecule has 0 saturated heterocycles. The lowest BCUT2D eigenvalue weighted by Gasteiger charge is -2.33. The molecule has 1 aromatic carbocycles. The molecule has 0 radical (unpaired) electrons. The van der Waals surface area contributed by atoms with E-state index in [2.05, 4.69) is 22.2 Å². The number of rotatable bonds is 8. The third-order valence-electron chi connectivity index (χ3n) is 4.20. The summed E-state index contributed by atoms with van der Waals surface area (Å²) in [6.45, 7) is 3.32. The van der Waals surface area contributed by atoms with Gasteiger partial charge in [-0.2, -0.15) is 0 Å². The average molecular weight is 305 g/mol. The largest absolute Gasteiger partial charge is 0.394 e. The molecule has 2 aromatic rings. The second-order valence-electron chi connectivity index (χ2n) is 5.86. The van der Waals surface area contributed by atoms with Gasteiger partial charge in [0, 0.05) is 5.75 Å². The highest BCUT2D eigenvalue weighted by atomic mass is 32.2. The van der Waals surface area contributed by atoms with E-state index in [9.17, 15) is 5.11 Å². The molecule has 1 heterocycles. The lowest BCUT2D eigenvalue weighted by Crippen LogP contribution is -2.53. The highest BCUT2D eigenvalue weighted by Gasteiger charge is 2.44. The normalized spacial score (nSPS) is 18.0. The Morgan fingerprint density at radius 1 is 1.43 bits per heavy atom. The fraction of sp³-hybridized carbons (Fsp3) is 0.562. The molecule has 1 aliphatic carbocycles. The van der Waals surface area contributed by atoms with Crippen molar-refractivity contribution in [1.29, 1.82) is 0 Å². The number of aromatic nitrogens is 2. The first-order chi connectivity index (χ1) is 10.3. The van der Waals surface area contributed by atoms with Gasteiger partial charge in [-0.25, -0.2) is 4.98 Å². The summed E-state index contributed by atoms with van der Waals surface area (Å²) < 4.78 is 0. The Morgan fingerprint density at radius 3 is 2.90 bits per heavy atom. The summed E-state index contributed by atoms with van der Waals surface area (Å²) in [5, 5.41) is 14.4. The first-order valence-corrected chi connectivity index (χ1v) is 8.69. The van der Waals surface area contributed by atoms with E-state index in [0.717, 1.165) is 34.9 Å². The topological polar surface area (TPSA) is 60.9 Å². The number of hydrogen-bond donors (Lipinski definition) is 3. The molecule has 0 amide bonds. The highest BCUT2D eigenvalue weighted by Crippen LogP contribution is 2.42. The number of H-pyrrole nitrogens is 1. The van der Waals surface area contributed by atoms with Crippen LogP contribution in [0.25, 0.3) is 11.0 Å². The Bertz CT molecular complexity index is 563. The molecule has 3 rings (SSSR count). The standard InChI is InChI=1S/C16H23N3OS/c1-2-9-17-16(10-20,12-7-8-12)11-21-15-18-13-5-3-4-6-14(13)19-15/h3-6,12,17,20H,2,7-11H2,1H3,(H,18,19). The van der Waals surface area contributed by atoms with Crippen LogP contribution < -0.4 is 5.32 Å². The molecule has 4 nitrogen and oxygen atoms in total. The van der Waals surface area contributed by atoms with Gasteiger partial charge in [0.25, 0.3) is 0 Å². The number of nitrogens with one attached hydrogen (secondary N) is 2. The quantitative estimate of drug-likeness (QED) is 0.656. The number of aromatic amines is 1. The summed E-state index contributed by atoms with van der Waals surface area (Å²) in [4.78, 5) is 7.96. The first kappa shape index (κ1) is 14.9. The number of nitrogens with zero attached hydrogens (tertiary/aromatic N) is 1. The molecule has 0 aliphatic heterocycles. The number of fused-ring (bicyclic) bond motifs is 1. The van der Waals surface area contributed by atoms with Gasteiger partial charge >= 0.3 is 0 Å². The molecule has 1 aliphatic rings. The SMILES string of the molecule is CCCNC(CO)(CSc1nc2ccccc2[nH]1)C1CC1. The lowest BCUT2D eigenvalue weighted by molar-refractivity contribution is 0.159. The number of hydrogen-bond acceptors (Lipinski definition) is 4. The molecule has 0 spiro atoms. The maximum absolute atomic E-state index is 9.92. The zero-order valence-corrected chi connectivity index (χ0v) is 13.2. The minimum Gasteiger partial charge on any atom is -0.394 e. The van der Waals surface area contributed by atoms with Crippen molar-refractivity contribution in [3.8, 4) is 0 Å². The van der Waals surface area contributed by atoms with E-state index >= 15 is 0 Å². The van der Waals surface area contributed by atoms with Crippen molar-refractivity contribution in [1.82, 2.24) is 15.3 Å². The number of para-hydroxylation sites is 2. The van der Waals surface area contributed by atoms with Crippen LogP contribution in [0.4, 0.5) is 0 Å². The molecule has 1 saturated carbocycles. The van der Waals surface area contributed by atoms with Crippen LogP contribution in [0, 0.1) is 5.92 Å². The van der Waals surface area contributed by atoms with Gasteiger partial charge in [-0.3, -0.25) is 0 Å². The molecular formula is C16H23N3OS. The minimum absolute atomic E-state index is 0.153. The first-order valence-electron chi connectivity index (χ1n) is 7.71. The van der Waals surface area contributed by atoms with E-state index in [-0.39, 0.29) is 12.1 Å². The smallest absolute Gasteiger partial charge is 0.166 e. The Balaban J connectivity index is 1.70. The number of aliphatic hydroxyl groups excluding tert-OH is 1. The second-order valence-corrected chi connectivity index (χ2v) is 6.83. The van der Waals surface area contributed by atoms with Gasteiger partial charge in [0.1, 0.15) is 0 Å². The number of imidazole rings is 1. The summed E-state index contributed by atoms with van der Waals surface area (Å²) in [7, 11) is 0. The Kier molecular flexibility index (Phi) is 4.52. The van der Waals surface area contributed by atoms with Gasteiger partial charge in [-0.15, -0.1) is 0 Å². The van der Waals surface area contributed by atoms with E-state index in [0.29, 0.717) is 5.92 Å². The summed E-state index contributed by atoms with van der Waals surface area (Å²) in [6, 6.07) is 8.08. The Hall–Kier alpha value is -1.04.